The highest BCUT2D eigenvalue weighted by Gasteiger charge is 2.33. The molecule has 0 amide bonds. The first-order valence-corrected chi connectivity index (χ1v) is 8.19. The van der Waals surface area contributed by atoms with E-state index in [1.54, 1.807) is 0 Å². The summed E-state index contributed by atoms with van der Waals surface area (Å²) in [6.07, 6.45) is 9.08. The molecule has 0 aromatic carbocycles. The Bertz CT molecular complexity index is 436. The van der Waals surface area contributed by atoms with Crippen molar-refractivity contribution in [3.63, 3.8) is 0 Å². The highest BCUT2D eigenvalue weighted by atomic mass is 16.3. The van der Waals surface area contributed by atoms with Crippen molar-refractivity contribution in [1.82, 2.24) is 4.98 Å². The lowest BCUT2D eigenvalue weighted by atomic mass is 9.78. The van der Waals surface area contributed by atoms with E-state index in [9.17, 15) is 5.11 Å². The van der Waals surface area contributed by atoms with Gasteiger partial charge in [0, 0.05) is 18.3 Å². The molecule has 1 aliphatic heterocycles. The minimum absolute atomic E-state index is 0.116. The number of hydrogen-bond donors (Lipinski definition) is 1. The predicted octanol–water partition coefficient (Wildman–Crippen LogP) is 3.30. The third-order valence-electron chi connectivity index (χ3n) is 5.01. The summed E-state index contributed by atoms with van der Waals surface area (Å²) in [7, 11) is 0. The Morgan fingerprint density at radius 3 is 2.80 bits per heavy atom. The molecule has 1 aromatic rings. The fraction of sp³-hybridized carbons (Fsp3) is 0.706. The molecule has 0 spiro atoms. The summed E-state index contributed by atoms with van der Waals surface area (Å²) >= 11 is 0. The second-order valence-electron chi connectivity index (χ2n) is 6.28. The molecule has 1 saturated carbocycles. The summed E-state index contributed by atoms with van der Waals surface area (Å²) in [5, 5.41) is 9.47. The number of fused-ring (bicyclic) bond motifs is 1. The van der Waals surface area contributed by atoms with Crippen LogP contribution in [0, 0.1) is 5.92 Å². The normalized spacial score (nSPS) is 26.4. The Balaban J connectivity index is 1.90. The molecule has 3 heteroatoms. The van der Waals surface area contributed by atoms with Gasteiger partial charge in [0.1, 0.15) is 5.82 Å². The molecule has 0 radical (unpaired) electrons. The van der Waals surface area contributed by atoms with Crippen LogP contribution in [-0.2, 0) is 13.0 Å². The second kappa shape index (κ2) is 6.13. The Hall–Kier alpha value is -1.09. The van der Waals surface area contributed by atoms with Crippen LogP contribution in [-0.4, -0.2) is 22.7 Å². The van der Waals surface area contributed by atoms with Gasteiger partial charge in [-0.05, 0) is 55.7 Å². The van der Waals surface area contributed by atoms with Gasteiger partial charge >= 0.3 is 0 Å². The van der Waals surface area contributed by atoms with Crippen LogP contribution in [0.3, 0.4) is 0 Å². The monoisotopic (exact) mass is 274 g/mol. The molecule has 0 unspecified atom stereocenters. The number of aliphatic hydroxyl groups excluding tert-OH is 1. The van der Waals surface area contributed by atoms with Gasteiger partial charge in [-0.3, -0.25) is 0 Å². The fourth-order valence-corrected chi connectivity index (χ4v) is 3.96. The molecule has 2 heterocycles. The molecule has 2 aliphatic rings. The average molecular weight is 274 g/mol. The first-order valence-electron chi connectivity index (χ1n) is 8.19. The maximum atomic E-state index is 9.47. The van der Waals surface area contributed by atoms with Gasteiger partial charge in [0.15, 0.2) is 0 Å². The number of aromatic nitrogens is 1. The van der Waals surface area contributed by atoms with E-state index in [1.807, 2.05) is 6.07 Å². The summed E-state index contributed by atoms with van der Waals surface area (Å²) < 4.78 is 0. The number of nitrogens with zero attached hydrogens (tertiary/aromatic N) is 2. The molecular weight excluding hydrogens is 248 g/mol. The van der Waals surface area contributed by atoms with Crippen molar-refractivity contribution in [2.45, 2.75) is 64.5 Å². The lowest BCUT2D eigenvalue weighted by Gasteiger charge is -2.45. The van der Waals surface area contributed by atoms with E-state index in [0.717, 1.165) is 36.0 Å². The summed E-state index contributed by atoms with van der Waals surface area (Å²) in [4.78, 5) is 7.36. The van der Waals surface area contributed by atoms with Crippen LogP contribution < -0.4 is 4.90 Å². The Morgan fingerprint density at radius 1 is 1.20 bits per heavy atom. The van der Waals surface area contributed by atoms with Crippen molar-refractivity contribution in [3.8, 4) is 0 Å². The summed E-state index contributed by atoms with van der Waals surface area (Å²) in [6, 6.07) is 4.81. The zero-order chi connectivity index (χ0) is 13.9. The third-order valence-corrected chi connectivity index (χ3v) is 5.01. The van der Waals surface area contributed by atoms with E-state index in [2.05, 4.69) is 17.9 Å². The third kappa shape index (κ3) is 2.69. The van der Waals surface area contributed by atoms with E-state index in [0.29, 0.717) is 6.04 Å². The van der Waals surface area contributed by atoms with Crippen LogP contribution in [0.4, 0.5) is 5.82 Å². The van der Waals surface area contributed by atoms with Crippen LogP contribution in [0.1, 0.15) is 56.7 Å². The summed E-state index contributed by atoms with van der Waals surface area (Å²) in [5.74, 6) is 1.96. The largest absolute Gasteiger partial charge is 0.392 e. The van der Waals surface area contributed by atoms with Crippen molar-refractivity contribution in [2.24, 2.45) is 5.92 Å². The number of anilines is 1. The Kier molecular flexibility index (Phi) is 4.25. The van der Waals surface area contributed by atoms with Crippen LogP contribution in [0.2, 0.25) is 0 Å². The number of rotatable bonds is 3. The standard InChI is InChI=1S/C17H26N2O/c1-2-15-10-13(12-20)11-17(18-15)19-9-5-7-14-6-3-4-8-16(14)19/h10-11,14,16,20H,2-9,12H2,1H3/t14-,16-/m1/s1. The van der Waals surface area contributed by atoms with Crippen molar-refractivity contribution in [1.29, 1.82) is 0 Å². The molecule has 3 nitrogen and oxygen atoms in total. The first-order chi connectivity index (χ1) is 9.81. The van der Waals surface area contributed by atoms with Gasteiger partial charge in [0.05, 0.1) is 6.61 Å². The molecule has 0 bridgehead atoms. The van der Waals surface area contributed by atoms with Gasteiger partial charge in [-0.15, -0.1) is 0 Å². The van der Waals surface area contributed by atoms with Crippen molar-refractivity contribution in [3.05, 3.63) is 23.4 Å². The van der Waals surface area contributed by atoms with Gasteiger partial charge < -0.3 is 10.0 Å². The average Bonchev–Trinajstić information content (AvgIpc) is 2.53. The van der Waals surface area contributed by atoms with E-state index in [-0.39, 0.29) is 6.61 Å². The maximum Gasteiger partial charge on any atom is 0.129 e. The molecule has 2 fully saturated rings. The molecule has 2 atom stereocenters. The molecule has 1 aliphatic carbocycles. The molecule has 1 saturated heterocycles. The van der Waals surface area contributed by atoms with Crippen LogP contribution in [0.5, 0.6) is 0 Å². The molecule has 3 rings (SSSR count). The summed E-state index contributed by atoms with van der Waals surface area (Å²) in [6.45, 7) is 3.38. The molecule has 20 heavy (non-hydrogen) atoms. The highest BCUT2D eigenvalue weighted by molar-refractivity contribution is 5.44. The number of aryl methyl sites for hydroxylation is 1. The molecule has 1 aromatic heterocycles. The van der Waals surface area contributed by atoms with Gasteiger partial charge in [-0.1, -0.05) is 19.8 Å². The molecule has 1 N–H and O–H groups in total. The lowest BCUT2D eigenvalue weighted by molar-refractivity contribution is 0.242. The first kappa shape index (κ1) is 13.9. The van der Waals surface area contributed by atoms with Gasteiger partial charge in [-0.25, -0.2) is 4.98 Å². The highest BCUT2D eigenvalue weighted by Crippen LogP contribution is 2.37. The Labute approximate surface area is 122 Å². The van der Waals surface area contributed by atoms with Crippen LogP contribution >= 0.6 is 0 Å². The van der Waals surface area contributed by atoms with Crippen LogP contribution in [0.25, 0.3) is 0 Å². The lowest BCUT2D eigenvalue weighted by Crippen LogP contribution is -2.47. The second-order valence-corrected chi connectivity index (χ2v) is 6.28. The topological polar surface area (TPSA) is 36.4 Å². The fourth-order valence-electron chi connectivity index (χ4n) is 3.96. The minimum Gasteiger partial charge on any atom is -0.392 e. The smallest absolute Gasteiger partial charge is 0.129 e. The van der Waals surface area contributed by atoms with Gasteiger partial charge in [0.25, 0.3) is 0 Å². The van der Waals surface area contributed by atoms with Crippen LogP contribution in [0.15, 0.2) is 12.1 Å². The van der Waals surface area contributed by atoms with Crippen molar-refractivity contribution < 1.29 is 5.11 Å². The SMILES string of the molecule is CCc1cc(CO)cc(N2CCC[C@H]3CCCC[C@H]32)n1. The van der Waals surface area contributed by atoms with Crippen molar-refractivity contribution in [2.75, 3.05) is 11.4 Å². The Morgan fingerprint density at radius 2 is 2.00 bits per heavy atom. The number of piperidine rings is 1. The van der Waals surface area contributed by atoms with E-state index in [1.165, 1.54) is 38.5 Å². The number of pyridine rings is 1. The quantitative estimate of drug-likeness (QED) is 0.919. The summed E-state index contributed by atoms with van der Waals surface area (Å²) in [5.41, 5.74) is 2.11. The minimum atomic E-state index is 0.116. The van der Waals surface area contributed by atoms with E-state index >= 15 is 0 Å². The number of aliphatic hydroxyl groups is 1. The molecule has 110 valence electrons. The predicted molar refractivity (Wildman–Crippen MR) is 81.9 cm³/mol. The zero-order valence-corrected chi connectivity index (χ0v) is 12.5. The van der Waals surface area contributed by atoms with Gasteiger partial charge in [0.2, 0.25) is 0 Å². The van der Waals surface area contributed by atoms with E-state index < -0.39 is 0 Å². The maximum absolute atomic E-state index is 9.47. The zero-order valence-electron chi connectivity index (χ0n) is 12.5. The van der Waals surface area contributed by atoms with E-state index in [4.69, 9.17) is 4.98 Å². The number of hydrogen-bond acceptors (Lipinski definition) is 3. The molecular formula is C17H26N2O. The van der Waals surface area contributed by atoms with Gasteiger partial charge in [-0.2, -0.15) is 0 Å². The van der Waals surface area contributed by atoms with Crippen molar-refractivity contribution >= 4 is 5.82 Å².